The molecule has 0 aliphatic carbocycles. The van der Waals surface area contributed by atoms with Gasteiger partial charge in [0.25, 0.3) is 11.2 Å². The summed E-state index contributed by atoms with van der Waals surface area (Å²) in [7, 11) is 1.58. The molecule has 0 atom stereocenters. The minimum atomic E-state index is -0.542. The summed E-state index contributed by atoms with van der Waals surface area (Å²) in [6, 6.07) is 13.0. The second-order valence-electron chi connectivity index (χ2n) is 6.96. The monoisotopic (exact) mass is 450 g/mol. The van der Waals surface area contributed by atoms with E-state index in [1.54, 1.807) is 20.1 Å². The SMILES string of the molecule is COc1ccc(-c2csc3nc(C)n(CC(=O)Nc4cccc([N+](=O)[O-])c4)c(=O)c23)cc1. The van der Waals surface area contributed by atoms with Crippen LogP contribution in [0, 0.1) is 17.0 Å². The van der Waals surface area contributed by atoms with Crippen molar-refractivity contribution in [2.24, 2.45) is 0 Å². The van der Waals surface area contributed by atoms with Gasteiger partial charge in [0.1, 0.15) is 22.9 Å². The normalized spacial score (nSPS) is 10.8. The first-order chi connectivity index (χ1) is 15.4. The summed E-state index contributed by atoms with van der Waals surface area (Å²) >= 11 is 1.36. The van der Waals surface area contributed by atoms with E-state index in [4.69, 9.17) is 4.74 Å². The Balaban J connectivity index is 1.67. The molecular formula is C22H18N4O5S. The number of thiophene rings is 1. The van der Waals surface area contributed by atoms with Crippen LogP contribution in [0.25, 0.3) is 21.3 Å². The largest absolute Gasteiger partial charge is 0.497 e. The number of nitro groups is 1. The Morgan fingerprint density at radius 1 is 1.25 bits per heavy atom. The van der Waals surface area contributed by atoms with E-state index in [0.717, 1.165) is 11.1 Å². The standard InChI is InChI=1S/C22H18N4O5S/c1-13-23-21-20(18(12-32-21)14-6-8-17(31-2)9-7-14)22(28)25(13)11-19(27)24-15-4-3-5-16(10-15)26(29)30/h3-10,12H,11H2,1-2H3,(H,24,27). The van der Waals surface area contributed by atoms with Gasteiger partial charge in [0.2, 0.25) is 5.91 Å². The molecule has 0 radical (unpaired) electrons. The number of nitro benzene ring substituents is 1. The first-order valence-electron chi connectivity index (χ1n) is 9.54. The van der Waals surface area contributed by atoms with Gasteiger partial charge in [0, 0.05) is 28.8 Å². The van der Waals surface area contributed by atoms with Crippen LogP contribution in [0.3, 0.4) is 0 Å². The Bertz CT molecular complexity index is 1390. The molecule has 0 fully saturated rings. The van der Waals surface area contributed by atoms with Crippen LogP contribution >= 0.6 is 11.3 Å². The van der Waals surface area contributed by atoms with Crippen LogP contribution in [-0.4, -0.2) is 27.5 Å². The minimum absolute atomic E-state index is 0.137. The Hall–Kier alpha value is -4.05. The maximum absolute atomic E-state index is 13.3. The molecule has 0 bridgehead atoms. The van der Waals surface area contributed by atoms with Crippen molar-refractivity contribution in [3.05, 3.63) is 80.2 Å². The van der Waals surface area contributed by atoms with Gasteiger partial charge in [0.05, 0.1) is 17.4 Å². The molecule has 32 heavy (non-hydrogen) atoms. The summed E-state index contributed by atoms with van der Waals surface area (Å²) in [5.41, 5.74) is 1.39. The van der Waals surface area contributed by atoms with Crippen molar-refractivity contribution in [2.75, 3.05) is 12.4 Å². The highest BCUT2D eigenvalue weighted by Crippen LogP contribution is 2.32. The number of benzene rings is 2. The molecule has 2 aromatic carbocycles. The lowest BCUT2D eigenvalue weighted by atomic mass is 10.1. The van der Waals surface area contributed by atoms with Crippen molar-refractivity contribution >= 4 is 38.8 Å². The zero-order chi connectivity index (χ0) is 22.8. The molecule has 10 heteroatoms. The maximum atomic E-state index is 13.3. The number of rotatable bonds is 6. The van der Waals surface area contributed by atoms with Crippen LogP contribution in [-0.2, 0) is 11.3 Å². The van der Waals surface area contributed by atoms with E-state index in [-0.39, 0.29) is 23.5 Å². The third-order valence-corrected chi connectivity index (χ3v) is 5.80. The summed E-state index contributed by atoms with van der Waals surface area (Å²) < 4.78 is 6.49. The molecule has 4 aromatic rings. The van der Waals surface area contributed by atoms with Gasteiger partial charge in [-0.25, -0.2) is 4.98 Å². The maximum Gasteiger partial charge on any atom is 0.271 e. The zero-order valence-electron chi connectivity index (χ0n) is 17.2. The number of aryl methyl sites for hydroxylation is 1. The van der Waals surface area contributed by atoms with Crippen LogP contribution in [0.15, 0.2) is 58.7 Å². The molecular weight excluding hydrogens is 432 g/mol. The molecule has 1 amide bonds. The fourth-order valence-electron chi connectivity index (χ4n) is 3.34. The van der Waals surface area contributed by atoms with E-state index >= 15 is 0 Å². The Morgan fingerprint density at radius 3 is 2.69 bits per heavy atom. The fourth-order valence-corrected chi connectivity index (χ4v) is 4.32. The summed E-state index contributed by atoms with van der Waals surface area (Å²) in [6.07, 6.45) is 0. The Labute approximate surface area is 186 Å². The number of fused-ring (bicyclic) bond motifs is 1. The lowest BCUT2D eigenvalue weighted by molar-refractivity contribution is -0.384. The lowest BCUT2D eigenvalue weighted by Crippen LogP contribution is -2.30. The van der Waals surface area contributed by atoms with Crippen molar-refractivity contribution in [2.45, 2.75) is 13.5 Å². The molecule has 9 nitrogen and oxygen atoms in total. The highest BCUT2D eigenvalue weighted by molar-refractivity contribution is 7.17. The first-order valence-corrected chi connectivity index (χ1v) is 10.4. The number of carbonyl (C=O) groups excluding carboxylic acids is 1. The number of nitrogens with one attached hydrogen (secondary N) is 1. The summed E-state index contributed by atoms with van der Waals surface area (Å²) in [5.74, 6) is 0.621. The van der Waals surface area contributed by atoms with Gasteiger partial charge in [-0.15, -0.1) is 11.3 Å². The summed E-state index contributed by atoms with van der Waals surface area (Å²) in [5, 5.41) is 15.8. The molecule has 2 aromatic heterocycles. The van der Waals surface area contributed by atoms with Crippen molar-refractivity contribution in [1.82, 2.24) is 9.55 Å². The molecule has 2 heterocycles. The summed E-state index contributed by atoms with van der Waals surface area (Å²) in [4.78, 5) is 41.4. The number of non-ortho nitro benzene ring substituents is 1. The number of ether oxygens (including phenoxy) is 1. The molecule has 1 N–H and O–H groups in total. The second-order valence-corrected chi connectivity index (χ2v) is 7.82. The van der Waals surface area contributed by atoms with Crippen molar-refractivity contribution in [3.63, 3.8) is 0 Å². The van der Waals surface area contributed by atoms with Gasteiger partial charge < -0.3 is 10.1 Å². The molecule has 0 aliphatic rings. The topological polar surface area (TPSA) is 116 Å². The van der Waals surface area contributed by atoms with Gasteiger partial charge in [0.15, 0.2) is 0 Å². The van der Waals surface area contributed by atoms with E-state index in [1.807, 2.05) is 29.6 Å². The van der Waals surface area contributed by atoms with Gasteiger partial charge in [-0.1, -0.05) is 18.2 Å². The molecule has 0 saturated carbocycles. The van der Waals surface area contributed by atoms with E-state index in [0.29, 0.717) is 21.8 Å². The van der Waals surface area contributed by atoms with Crippen LogP contribution < -0.4 is 15.6 Å². The molecule has 4 rings (SSSR count). The van der Waals surface area contributed by atoms with Crippen molar-refractivity contribution < 1.29 is 14.5 Å². The number of nitrogens with zero attached hydrogens (tertiary/aromatic N) is 3. The van der Waals surface area contributed by atoms with Crippen molar-refractivity contribution in [3.8, 4) is 16.9 Å². The fraction of sp³-hybridized carbons (Fsp3) is 0.136. The molecule has 0 spiro atoms. The van der Waals surface area contributed by atoms with Gasteiger partial charge in [-0.2, -0.15) is 0 Å². The minimum Gasteiger partial charge on any atom is -0.497 e. The number of hydrogen-bond donors (Lipinski definition) is 1. The lowest BCUT2D eigenvalue weighted by Gasteiger charge is -2.11. The average molecular weight is 450 g/mol. The predicted octanol–water partition coefficient (Wildman–Crippen LogP) is 3.99. The average Bonchev–Trinajstić information content (AvgIpc) is 3.20. The highest BCUT2D eigenvalue weighted by Gasteiger charge is 2.17. The summed E-state index contributed by atoms with van der Waals surface area (Å²) in [6.45, 7) is 1.39. The smallest absolute Gasteiger partial charge is 0.271 e. The van der Waals surface area contributed by atoms with E-state index in [2.05, 4.69) is 10.3 Å². The molecule has 0 aliphatic heterocycles. The molecule has 0 unspecified atom stereocenters. The Kier molecular flexibility index (Phi) is 5.69. The van der Waals surface area contributed by atoms with Crippen LogP contribution in [0.5, 0.6) is 5.75 Å². The highest BCUT2D eigenvalue weighted by atomic mass is 32.1. The number of aromatic nitrogens is 2. The quantitative estimate of drug-likeness (QED) is 0.351. The predicted molar refractivity (Wildman–Crippen MR) is 122 cm³/mol. The van der Waals surface area contributed by atoms with Gasteiger partial charge in [-0.3, -0.25) is 24.3 Å². The van der Waals surface area contributed by atoms with Crippen molar-refractivity contribution in [1.29, 1.82) is 0 Å². The molecule has 162 valence electrons. The molecule has 0 saturated heterocycles. The van der Waals surface area contributed by atoms with Crippen LogP contribution in [0.1, 0.15) is 5.82 Å². The van der Waals surface area contributed by atoms with E-state index in [1.165, 1.54) is 34.1 Å². The van der Waals surface area contributed by atoms with E-state index in [9.17, 15) is 19.7 Å². The third-order valence-electron chi connectivity index (χ3n) is 4.93. The first kappa shape index (κ1) is 21.2. The second kappa shape index (κ2) is 8.60. The number of hydrogen-bond acceptors (Lipinski definition) is 7. The van der Waals surface area contributed by atoms with E-state index < -0.39 is 10.8 Å². The van der Waals surface area contributed by atoms with Crippen LogP contribution in [0.2, 0.25) is 0 Å². The number of amides is 1. The Morgan fingerprint density at radius 2 is 2.00 bits per heavy atom. The van der Waals surface area contributed by atoms with Crippen LogP contribution in [0.4, 0.5) is 11.4 Å². The number of carbonyl (C=O) groups is 1. The third kappa shape index (κ3) is 4.08. The number of anilines is 1. The van der Waals surface area contributed by atoms with Gasteiger partial charge >= 0.3 is 0 Å². The number of methoxy groups -OCH3 is 1. The zero-order valence-corrected chi connectivity index (χ0v) is 18.0. The van der Waals surface area contributed by atoms with Gasteiger partial charge in [-0.05, 0) is 30.7 Å².